The Morgan fingerprint density at radius 1 is 1.15 bits per heavy atom. The maximum atomic E-state index is 13.4. The van der Waals surface area contributed by atoms with Crippen molar-refractivity contribution in [1.29, 1.82) is 0 Å². The molecule has 0 spiro atoms. The smallest absolute Gasteiger partial charge is 0.260 e. The molecule has 0 bridgehead atoms. The summed E-state index contributed by atoms with van der Waals surface area (Å²) in [5, 5.41) is 0.223. The average Bonchev–Trinajstić information content (AvgIpc) is 2.63. The first kappa shape index (κ1) is 21.1. The molecule has 27 heavy (non-hydrogen) atoms. The molecular formula is C19H17Cl2F2NO3. The highest BCUT2D eigenvalue weighted by Crippen LogP contribution is 2.35. The minimum Gasteiger partial charge on any atom is -0.481 e. The van der Waals surface area contributed by atoms with Gasteiger partial charge < -0.3 is 9.64 Å². The van der Waals surface area contributed by atoms with Gasteiger partial charge in [-0.25, -0.2) is 8.78 Å². The van der Waals surface area contributed by atoms with Crippen molar-refractivity contribution in [3.8, 4) is 5.75 Å². The van der Waals surface area contributed by atoms with Gasteiger partial charge in [0.25, 0.3) is 5.91 Å². The molecule has 0 aliphatic heterocycles. The van der Waals surface area contributed by atoms with Crippen molar-refractivity contribution in [3.05, 3.63) is 63.1 Å². The van der Waals surface area contributed by atoms with Crippen molar-refractivity contribution in [3.63, 3.8) is 0 Å². The van der Waals surface area contributed by atoms with Crippen LogP contribution in [0.3, 0.4) is 0 Å². The Morgan fingerprint density at radius 2 is 1.81 bits per heavy atom. The summed E-state index contributed by atoms with van der Waals surface area (Å²) < 4.78 is 32.0. The van der Waals surface area contributed by atoms with Crippen molar-refractivity contribution in [2.24, 2.45) is 0 Å². The van der Waals surface area contributed by atoms with Gasteiger partial charge in [-0.1, -0.05) is 29.3 Å². The van der Waals surface area contributed by atoms with Crippen LogP contribution in [0.1, 0.15) is 35.8 Å². The number of rotatable bonds is 6. The van der Waals surface area contributed by atoms with Crippen molar-refractivity contribution in [2.75, 3.05) is 13.7 Å². The topological polar surface area (TPSA) is 46.6 Å². The second-order valence-corrected chi connectivity index (χ2v) is 6.72. The van der Waals surface area contributed by atoms with E-state index in [0.717, 1.165) is 12.1 Å². The first-order chi connectivity index (χ1) is 12.6. The van der Waals surface area contributed by atoms with Crippen molar-refractivity contribution >= 4 is 34.9 Å². The summed E-state index contributed by atoms with van der Waals surface area (Å²) in [4.78, 5) is 25.5. The molecule has 2 aromatic rings. The van der Waals surface area contributed by atoms with Gasteiger partial charge in [-0.15, -0.1) is 0 Å². The quantitative estimate of drug-likeness (QED) is 0.618. The Labute approximate surface area is 165 Å². The van der Waals surface area contributed by atoms with Crippen LogP contribution in [0, 0.1) is 11.6 Å². The minimum atomic E-state index is -0.992. The van der Waals surface area contributed by atoms with Crippen molar-refractivity contribution in [1.82, 2.24) is 4.90 Å². The summed E-state index contributed by atoms with van der Waals surface area (Å²) in [5.74, 6) is -2.67. The molecule has 0 N–H and O–H groups in total. The summed E-state index contributed by atoms with van der Waals surface area (Å²) in [6.07, 6.45) is 0. The number of ketones is 1. The molecule has 8 heteroatoms. The van der Waals surface area contributed by atoms with Crippen LogP contribution in [0.15, 0.2) is 30.3 Å². The van der Waals surface area contributed by atoms with E-state index in [1.165, 1.54) is 37.1 Å². The fourth-order valence-corrected chi connectivity index (χ4v) is 2.77. The van der Waals surface area contributed by atoms with E-state index in [0.29, 0.717) is 5.56 Å². The highest BCUT2D eigenvalue weighted by molar-refractivity contribution is 6.43. The summed E-state index contributed by atoms with van der Waals surface area (Å²) in [6.45, 7) is 2.59. The molecule has 0 aromatic heterocycles. The van der Waals surface area contributed by atoms with Crippen LogP contribution < -0.4 is 4.74 Å². The number of carbonyl (C=O) groups is 2. The van der Waals surface area contributed by atoms with Gasteiger partial charge in [0.05, 0.1) is 16.6 Å². The zero-order valence-electron chi connectivity index (χ0n) is 14.9. The highest BCUT2D eigenvalue weighted by Gasteiger charge is 2.21. The van der Waals surface area contributed by atoms with E-state index < -0.39 is 30.2 Å². The monoisotopic (exact) mass is 415 g/mol. The summed E-state index contributed by atoms with van der Waals surface area (Å²) in [7, 11) is 1.50. The van der Waals surface area contributed by atoms with Crippen LogP contribution in [-0.4, -0.2) is 30.2 Å². The third-order valence-corrected chi connectivity index (χ3v) is 4.96. The van der Waals surface area contributed by atoms with Gasteiger partial charge in [0.2, 0.25) is 0 Å². The molecule has 0 radical (unpaired) electrons. The van der Waals surface area contributed by atoms with E-state index in [9.17, 15) is 18.4 Å². The molecule has 0 aliphatic carbocycles. The Balaban J connectivity index is 2.14. The maximum absolute atomic E-state index is 13.4. The molecule has 144 valence electrons. The maximum Gasteiger partial charge on any atom is 0.260 e. The lowest BCUT2D eigenvalue weighted by Gasteiger charge is -2.25. The highest BCUT2D eigenvalue weighted by atomic mass is 35.5. The fourth-order valence-electron chi connectivity index (χ4n) is 2.40. The zero-order valence-corrected chi connectivity index (χ0v) is 16.4. The first-order valence-corrected chi connectivity index (χ1v) is 8.71. The molecule has 0 fully saturated rings. The van der Waals surface area contributed by atoms with Gasteiger partial charge in [0.15, 0.2) is 29.8 Å². The second-order valence-electron chi connectivity index (χ2n) is 5.94. The Bertz CT molecular complexity index is 889. The molecular weight excluding hydrogens is 399 g/mol. The average molecular weight is 416 g/mol. The lowest BCUT2D eigenvalue weighted by molar-refractivity contribution is -0.134. The van der Waals surface area contributed by atoms with Crippen molar-refractivity contribution in [2.45, 2.75) is 19.9 Å². The van der Waals surface area contributed by atoms with Gasteiger partial charge in [-0.05, 0) is 43.7 Å². The van der Waals surface area contributed by atoms with E-state index in [2.05, 4.69) is 0 Å². The Kier molecular flexibility index (Phi) is 6.78. The lowest BCUT2D eigenvalue weighted by Crippen LogP contribution is -2.33. The van der Waals surface area contributed by atoms with Crippen LogP contribution in [-0.2, 0) is 4.79 Å². The van der Waals surface area contributed by atoms with Gasteiger partial charge in [0, 0.05) is 7.05 Å². The Hall–Kier alpha value is -2.18. The lowest BCUT2D eigenvalue weighted by atomic mass is 10.1. The van der Waals surface area contributed by atoms with Gasteiger partial charge in [-0.3, -0.25) is 9.59 Å². The second kappa shape index (κ2) is 8.67. The molecule has 2 rings (SSSR count). The van der Waals surface area contributed by atoms with E-state index in [-0.39, 0.29) is 27.1 Å². The van der Waals surface area contributed by atoms with E-state index >= 15 is 0 Å². The molecule has 0 saturated carbocycles. The van der Waals surface area contributed by atoms with Crippen LogP contribution in [0.2, 0.25) is 10.0 Å². The molecule has 1 unspecified atom stereocenters. The minimum absolute atomic E-state index is 0.0268. The van der Waals surface area contributed by atoms with E-state index in [4.69, 9.17) is 27.9 Å². The van der Waals surface area contributed by atoms with Crippen molar-refractivity contribution < 1.29 is 23.1 Å². The molecule has 2 aromatic carbocycles. The SMILES string of the molecule is CC(=O)c1ccc(Cl)c(Cl)c1OCC(=O)N(C)C(C)c1ccc(F)c(F)c1. The largest absolute Gasteiger partial charge is 0.481 e. The standard InChI is InChI=1S/C19H17Cl2F2NO3/c1-10(12-4-7-15(22)16(23)8-12)24(3)17(26)9-27-19-13(11(2)25)5-6-14(20)18(19)21/h4-8,10H,9H2,1-3H3. The number of hydrogen-bond donors (Lipinski definition) is 0. The fraction of sp³-hybridized carbons (Fsp3) is 0.263. The predicted octanol–water partition coefficient (Wildman–Crippen LogP) is 5.07. The number of hydrogen-bond acceptors (Lipinski definition) is 3. The van der Waals surface area contributed by atoms with Gasteiger partial charge in [0.1, 0.15) is 5.02 Å². The Morgan fingerprint density at radius 3 is 2.41 bits per heavy atom. The number of likely N-dealkylation sites (N-methyl/N-ethyl adjacent to an activating group) is 1. The normalized spacial score (nSPS) is 11.8. The van der Waals surface area contributed by atoms with E-state index in [1.54, 1.807) is 6.92 Å². The van der Waals surface area contributed by atoms with Crippen LogP contribution in [0.4, 0.5) is 8.78 Å². The number of Topliss-reactive ketones (excluding diaryl/α,β-unsaturated/α-hetero) is 1. The van der Waals surface area contributed by atoms with Crippen LogP contribution in [0.5, 0.6) is 5.75 Å². The summed E-state index contributed by atoms with van der Waals surface area (Å²) in [5.41, 5.74) is 0.628. The number of amides is 1. The van der Waals surface area contributed by atoms with Crippen LogP contribution in [0.25, 0.3) is 0 Å². The van der Waals surface area contributed by atoms with E-state index in [1.807, 2.05) is 0 Å². The molecule has 1 amide bonds. The number of halogens is 4. The summed E-state index contributed by atoms with van der Waals surface area (Å²) in [6, 6.07) is 5.83. The van der Waals surface area contributed by atoms with Gasteiger partial charge in [-0.2, -0.15) is 0 Å². The summed E-state index contributed by atoms with van der Waals surface area (Å²) >= 11 is 12.0. The molecule has 1 atom stereocenters. The van der Waals surface area contributed by atoms with Crippen LogP contribution >= 0.6 is 23.2 Å². The molecule has 0 saturated heterocycles. The third kappa shape index (κ3) is 4.76. The molecule has 0 heterocycles. The number of benzene rings is 2. The molecule has 4 nitrogen and oxygen atoms in total. The number of carbonyl (C=O) groups excluding carboxylic acids is 2. The van der Waals surface area contributed by atoms with Gasteiger partial charge >= 0.3 is 0 Å². The molecule has 0 aliphatic rings. The third-order valence-electron chi connectivity index (χ3n) is 4.17. The number of nitrogens with zero attached hydrogens (tertiary/aromatic N) is 1. The predicted molar refractivity (Wildman–Crippen MR) is 99.5 cm³/mol. The first-order valence-electron chi connectivity index (χ1n) is 7.95. The zero-order chi connectivity index (χ0) is 20.3. The number of ether oxygens (including phenoxy) is 1.